The molecule has 0 atom stereocenters. The highest BCUT2D eigenvalue weighted by molar-refractivity contribution is 6.23. The first-order chi connectivity index (χ1) is 11.3. The van der Waals surface area contributed by atoms with Crippen molar-refractivity contribution in [3.05, 3.63) is 0 Å². The highest BCUT2D eigenvalue weighted by atomic mass is 35.5. The van der Waals surface area contributed by atoms with Gasteiger partial charge in [-0.3, -0.25) is 0 Å². The summed E-state index contributed by atoms with van der Waals surface area (Å²) in [6, 6.07) is 0. The van der Waals surface area contributed by atoms with E-state index in [2.05, 4.69) is 27.7 Å². The normalized spacial score (nSPS) is 12.8. The molecule has 0 amide bonds. The first kappa shape index (κ1) is 24.2. The zero-order valence-corrected chi connectivity index (χ0v) is 18.0. The van der Waals surface area contributed by atoms with E-state index in [9.17, 15) is 0 Å². The van der Waals surface area contributed by atoms with Crippen LogP contribution in [-0.4, -0.2) is 10.4 Å². The Hall–Kier alpha value is 0.250. The van der Waals surface area contributed by atoms with Crippen molar-refractivity contribution >= 4 is 11.6 Å². The molecule has 0 aromatic rings. The first-order valence-corrected chi connectivity index (χ1v) is 11.2. The van der Waals surface area contributed by atoms with E-state index >= 15 is 0 Å². The molecule has 0 radical (unpaired) electrons. The van der Waals surface area contributed by atoms with Crippen LogP contribution in [-0.2, 0) is 0 Å². The lowest BCUT2D eigenvalue weighted by Gasteiger charge is -2.32. The summed E-state index contributed by atoms with van der Waals surface area (Å²) < 4.78 is 0. The monoisotopic (exact) mass is 359 g/mol. The largest absolute Gasteiger partial charge is 0.325 e. The van der Waals surface area contributed by atoms with Gasteiger partial charge in [-0.15, -0.1) is 11.6 Å². The molecule has 146 valence electrons. The molecule has 2 N–H and O–H groups in total. The van der Waals surface area contributed by atoms with Crippen LogP contribution in [0, 0.1) is 0 Å². The molecule has 0 unspecified atom stereocenters. The molecular formula is C22H46ClN. The Morgan fingerprint density at radius 2 is 0.958 bits per heavy atom. The lowest BCUT2D eigenvalue weighted by Crippen LogP contribution is -2.41. The van der Waals surface area contributed by atoms with Crippen LogP contribution in [0.5, 0.6) is 0 Å². The van der Waals surface area contributed by atoms with E-state index in [0.717, 1.165) is 12.8 Å². The lowest BCUT2D eigenvalue weighted by molar-refractivity contribution is 0.297. The molecule has 0 aromatic carbocycles. The minimum Gasteiger partial charge on any atom is -0.325 e. The van der Waals surface area contributed by atoms with Crippen molar-refractivity contribution in [2.45, 2.75) is 141 Å². The lowest BCUT2D eigenvalue weighted by atomic mass is 9.81. The fourth-order valence-corrected chi connectivity index (χ4v) is 3.53. The van der Waals surface area contributed by atoms with Gasteiger partial charge in [-0.25, -0.2) is 0 Å². The van der Waals surface area contributed by atoms with E-state index in [1.807, 2.05) is 0 Å². The van der Waals surface area contributed by atoms with E-state index in [4.69, 9.17) is 17.3 Å². The summed E-state index contributed by atoms with van der Waals surface area (Å²) in [4.78, 5) is -0.118. The maximum atomic E-state index is 6.83. The van der Waals surface area contributed by atoms with Crippen molar-refractivity contribution in [1.82, 2.24) is 0 Å². The first-order valence-electron chi connectivity index (χ1n) is 10.8. The molecule has 24 heavy (non-hydrogen) atoms. The molecule has 0 heterocycles. The fourth-order valence-electron chi connectivity index (χ4n) is 3.44. The van der Waals surface area contributed by atoms with Crippen LogP contribution in [0.4, 0.5) is 0 Å². The molecule has 0 bridgehead atoms. The van der Waals surface area contributed by atoms with Crippen molar-refractivity contribution in [1.29, 1.82) is 0 Å². The molecule has 0 aromatic heterocycles. The van der Waals surface area contributed by atoms with Crippen LogP contribution >= 0.6 is 11.6 Å². The van der Waals surface area contributed by atoms with E-state index in [0.29, 0.717) is 0 Å². The van der Waals surface area contributed by atoms with Gasteiger partial charge in [0.2, 0.25) is 0 Å². The number of nitrogens with two attached hydrogens (primary N) is 1. The van der Waals surface area contributed by atoms with Gasteiger partial charge in [0.25, 0.3) is 0 Å². The van der Waals surface area contributed by atoms with Gasteiger partial charge >= 0.3 is 0 Å². The standard InChI is InChI=1S/C22H46ClN/c1-5-7-9-11-13-15-17-22(24,20-19-21(3,4)23)18-16-14-12-10-8-6-2/h5-20,24H2,1-4H3. The smallest absolute Gasteiger partial charge is 0.0391 e. The Morgan fingerprint density at radius 1 is 0.583 bits per heavy atom. The topological polar surface area (TPSA) is 26.0 Å². The van der Waals surface area contributed by atoms with E-state index in [1.54, 1.807) is 0 Å². The summed E-state index contributed by atoms with van der Waals surface area (Å²) in [5.74, 6) is 0. The maximum absolute atomic E-state index is 6.83. The molecule has 0 aliphatic heterocycles. The zero-order chi connectivity index (χ0) is 18.3. The average molecular weight is 360 g/mol. The average Bonchev–Trinajstić information content (AvgIpc) is 2.52. The van der Waals surface area contributed by atoms with Crippen LogP contribution in [0.15, 0.2) is 0 Å². The summed E-state index contributed by atoms with van der Waals surface area (Å²) in [5.41, 5.74) is 6.84. The number of alkyl halides is 1. The van der Waals surface area contributed by atoms with Gasteiger partial charge in [-0.2, -0.15) is 0 Å². The van der Waals surface area contributed by atoms with Gasteiger partial charge in [0.15, 0.2) is 0 Å². The van der Waals surface area contributed by atoms with Crippen molar-refractivity contribution in [2.75, 3.05) is 0 Å². The van der Waals surface area contributed by atoms with E-state index in [1.165, 1.54) is 89.9 Å². The summed E-state index contributed by atoms with van der Waals surface area (Å²) in [6.07, 6.45) is 20.7. The minimum absolute atomic E-state index is 0.0155. The number of hydrogen-bond acceptors (Lipinski definition) is 1. The quantitative estimate of drug-likeness (QED) is 0.206. The second kappa shape index (κ2) is 14.4. The Labute approximate surface area is 158 Å². The Bertz CT molecular complexity index is 254. The number of rotatable bonds is 17. The van der Waals surface area contributed by atoms with Gasteiger partial charge in [0.05, 0.1) is 0 Å². The third kappa shape index (κ3) is 15.8. The van der Waals surface area contributed by atoms with Gasteiger partial charge in [0, 0.05) is 10.4 Å². The van der Waals surface area contributed by atoms with Crippen LogP contribution in [0.2, 0.25) is 0 Å². The van der Waals surface area contributed by atoms with E-state index in [-0.39, 0.29) is 10.4 Å². The molecule has 0 fully saturated rings. The summed E-state index contributed by atoms with van der Waals surface area (Å²) in [7, 11) is 0. The van der Waals surface area contributed by atoms with Crippen LogP contribution in [0.25, 0.3) is 0 Å². The SMILES string of the molecule is CCCCCCCCC(N)(CCCCCCCC)CCC(C)(C)Cl. The third-order valence-corrected chi connectivity index (χ3v) is 5.46. The van der Waals surface area contributed by atoms with Crippen molar-refractivity contribution in [3.63, 3.8) is 0 Å². The molecule has 1 nitrogen and oxygen atoms in total. The molecule has 0 saturated carbocycles. The van der Waals surface area contributed by atoms with Gasteiger partial charge in [0.1, 0.15) is 0 Å². The second-order valence-corrected chi connectivity index (χ2v) is 9.64. The summed E-state index contributed by atoms with van der Waals surface area (Å²) in [6.45, 7) is 8.79. The molecule has 0 aliphatic carbocycles. The van der Waals surface area contributed by atoms with Gasteiger partial charge in [-0.1, -0.05) is 90.9 Å². The summed E-state index contributed by atoms with van der Waals surface area (Å²) >= 11 is 6.42. The van der Waals surface area contributed by atoms with Gasteiger partial charge < -0.3 is 5.73 Å². The van der Waals surface area contributed by atoms with Crippen molar-refractivity contribution < 1.29 is 0 Å². The molecular weight excluding hydrogens is 314 g/mol. The maximum Gasteiger partial charge on any atom is 0.0391 e. The number of hydrogen-bond donors (Lipinski definition) is 1. The van der Waals surface area contributed by atoms with Crippen LogP contribution in [0.3, 0.4) is 0 Å². The van der Waals surface area contributed by atoms with Crippen molar-refractivity contribution in [2.24, 2.45) is 5.73 Å². The van der Waals surface area contributed by atoms with Crippen LogP contribution < -0.4 is 5.73 Å². The molecule has 2 heteroatoms. The summed E-state index contributed by atoms with van der Waals surface area (Å²) in [5, 5.41) is 0. The Kier molecular flexibility index (Phi) is 14.6. The predicted molar refractivity (Wildman–Crippen MR) is 112 cm³/mol. The Balaban J connectivity index is 4.12. The van der Waals surface area contributed by atoms with Crippen LogP contribution in [0.1, 0.15) is 130 Å². The molecule has 0 spiro atoms. The molecule has 0 aliphatic rings. The second-order valence-electron chi connectivity index (χ2n) is 8.62. The van der Waals surface area contributed by atoms with Gasteiger partial charge in [-0.05, 0) is 39.5 Å². The molecule has 0 saturated heterocycles. The predicted octanol–water partition coefficient (Wildman–Crippen LogP) is 7.98. The minimum atomic E-state index is -0.118. The highest BCUT2D eigenvalue weighted by Gasteiger charge is 2.27. The third-order valence-electron chi connectivity index (χ3n) is 5.27. The molecule has 0 rings (SSSR count). The Morgan fingerprint density at radius 3 is 1.33 bits per heavy atom. The number of unbranched alkanes of at least 4 members (excludes halogenated alkanes) is 10. The highest BCUT2D eigenvalue weighted by Crippen LogP contribution is 2.30. The fraction of sp³-hybridized carbons (Fsp3) is 1.00. The zero-order valence-electron chi connectivity index (χ0n) is 17.3. The van der Waals surface area contributed by atoms with Crippen molar-refractivity contribution in [3.8, 4) is 0 Å². The van der Waals surface area contributed by atoms with E-state index < -0.39 is 0 Å². The number of halogens is 1.